The lowest BCUT2D eigenvalue weighted by Crippen LogP contribution is -2.32. The number of methoxy groups -OCH3 is 1. The van der Waals surface area contributed by atoms with Gasteiger partial charge in [-0.3, -0.25) is 9.52 Å². The molecule has 0 spiro atoms. The fourth-order valence-corrected chi connectivity index (χ4v) is 4.15. The van der Waals surface area contributed by atoms with Crippen LogP contribution >= 0.6 is 0 Å². The first-order chi connectivity index (χ1) is 15.2. The molecule has 174 valence electrons. The Morgan fingerprint density at radius 1 is 1.09 bits per heavy atom. The van der Waals surface area contributed by atoms with E-state index in [1.165, 1.54) is 0 Å². The molecule has 0 aromatic heterocycles. The normalized spacial score (nSPS) is 14.8. The van der Waals surface area contributed by atoms with E-state index in [2.05, 4.69) is 10.0 Å². The molecule has 1 aliphatic heterocycles. The zero-order valence-corrected chi connectivity index (χ0v) is 19.6. The zero-order chi connectivity index (χ0) is 23.1. The monoisotopic (exact) mass is 461 g/mol. The Bertz CT molecular complexity index is 1020. The number of benzene rings is 2. The van der Waals surface area contributed by atoms with Crippen molar-refractivity contribution in [1.82, 2.24) is 10.2 Å². The van der Waals surface area contributed by atoms with Crippen molar-refractivity contribution < 1.29 is 22.7 Å². The number of carbonyl (C=O) groups is 1. The molecule has 1 fully saturated rings. The van der Waals surface area contributed by atoms with Gasteiger partial charge in [-0.05, 0) is 55.2 Å². The first-order valence-corrected chi connectivity index (χ1v) is 12.5. The van der Waals surface area contributed by atoms with Gasteiger partial charge in [0.05, 0.1) is 13.4 Å². The fourth-order valence-electron chi connectivity index (χ4n) is 3.58. The molecule has 2 aromatic rings. The quantitative estimate of drug-likeness (QED) is 0.565. The Morgan fingerprint density at radius 2 is 1.78 bits per heavy atom. The van der Waals surface area contributed by atoms with Crippen molar-refractivity contribution >= 4 is 21.6 Å². The van der Waals surface area contributed by atoms with Crippen LogP contribution in [0.4, 0.5) is 5.69 Å². The smallest absolute Gasteiger partial charge is 0.260 e. The topological polar surface area (TPSA) is 97.0 Å². The van der Waals surface area contributed by atoms with Gasteiger partial charge in [0.25, 0.3) is 5.91 Å². The van der Waals surface area contributed by atoms with Gasteiger partial charge in [-0.15, -0.1) is 0 Å². The highest BCUT2D eigenvalue weighted by Gasteiger charge is 2.19. The fraction of sp³-hybridized carbons (Fsp3) is 0.435. The van der Waals surface area contributed by atoms with Crippen molar-refractivity contribution in [3.63, 3.8) is 0 Å². The molecule has 1 atom stereocenters. The number of ether oxygens (including phenoxy) is 2. The lowest BCUT2D eigenvalue weighted by atomic mass is 10.1. The molecule has 9 heteroatoms. The largest absolute Gasteiger partial charge is 0.493 e. The Kier molecular flexibility index (Phi) is 7.98. The molecular formula is C23H31N3O5S. The van der Waals surface area contributed by atoms with Crippen molar-refractivity contribution in [2.24, 2.45) is 0 Å². The number of nitrogens with zero attached hydrogens (tertiary/aromatic N) is 1. The minimum absolute atomic E-state index is 0.00174. The molecule has 2 N–H and O–H groups in total. The van der Waals surface area contributed by atoms with Crippen LogP contribution in [-0.2, 0) is 21.4 Å². The predicted octanol–water partition coefficient (Wildman–Crippen LogP) is 2.92. The molecule has 8 nitrogen and oxygen atoms in total. The highest BCUT2D eigenvalue weighted by Crippen LogP contribution is 2.28. The van der Waals surface area contributed by atoms with E-state index >= 15 is 0 Å². The Hall–Kier alpha value is -2.78. The molecule has 1 heterocycles. The zero-order valence-electron chi connectivity index (χ0n) is 18.8. The summed E-state index contributed by atoms with van der Waals surface area (Å²) in [5, 5.41) is 3.45. The summed E-state index contributed by atoms with van der Waals surface area (Å²) in [5.74, 6) is 1.13. The van der Waals surface area contributed by atoms with Crippen LogP contribution in [0.5, 0.6) is 11.5 Å². The number of hydrogen-bond donors (Lipinski definition) is 2. The van der Waals surface area contributed by atoms with Crippen LogP contribution in [0.25, 0.3) is 0 Å². The SMILES string of the molecule is COc1cc(CNC(C)c2ccc(NS(C)(=O)=O)cc2)ccc1OCC(=O)N1CCCC1. The van der Waals surface area contributed by atoms with Gasteiger partial charge in [0.2, 0.25) is 10.0 Å². The minimum Gasteiger partial charge on any atom is -0.493 e. The summed E-state index contributed by atoms with van der Waals surface area (Å²) >= 11 is 0. The molecule has 32 heavy (non-hydrogen) atoms. The summed E-state index contributed by atoms with van der Waals surface area (Å²) in [6, 6.07) is 13.0. The minimum atomic E-state index is -3.29. The Labute approximate surface area is 190 Å². The lowest BCUT2D eigenvalue weighted by molar-refractivity contribution is -0.132. The van der Waals surface area contributed by atoms with Crippen LogP contribution in [-0.4, -0.2) is 52.3 Å². The number of hydrogen-bond acceptors (Lipinski definition) is 6. The molecule has 3 rings (SSSR count). The number of amides is 1. The predicted molar refractivity (Wildman–Crippen MR) is 124 cm³/mol. The van der Waals surface area contributed by atoms with E-state index in [1.807, 2.05) is 42.2 Å². The second-order valence-corrected chi connectivity index (χ2v) is 9.71. The van der Waals surface area contributed by atoms with E-state index in [4.69, 9.17) is 9.47 Å². The molecule has 2 aromatic carbocycles. The van der Waals surface area contributed by atoms with Crippen LogP contribution in [0.2, 0.25) is 0 Å². The van der Waals surface area contributed by atoms with Crippen LogP contribution in [0.15, 0.2) is 42.5 Å². The van der Waals surface area contributed by atoms with Crippen LogP contribution < -0.4 is 19.5 Å². The number of rotatable bonds is 10. The number of anilines is 1. The average molecular weight is 462 g/mol. The van der Waals surface area contributed by atoms with Crippen molar-refractivity contribution in [2.45, 2.75) is 32.4 Å². The summed E-state index contributed by atoms with van der Waals surface area (Å²) in [5.41, 5.74) is 2.59. The van der Waals surface area contributed by atoms with Crippen molar-refractivity contribution in [2.75, 3.05) is 37.8 Å². The van der Waals surface area contributed by atoms with E-state index in [0.29, 0.717) is 23.7 Å². The Morgan fingerprint density at radius 3 is 2.41 bits per heavy atom. The molecule has 1 aliphatic rings. The maximum absolute atomic E-state index is 12.2. The summed E-state index contributed by atoms with van der Waals surface area (Å²) in [7, 11) is -1.71. The van der Waals surface area contributed by atoms with Gasteiger partial charge in [0.15, 0.2) is 18.1 Å². The third kappa shape index (κ3) is 6.86. The van der Waals surface area contributed by atoms with Gasteiger partial charge in [-0.25, -0.2) is 8.42 Å². The lowest BCUT2D eigenvalue weighted by Gasteiger charge is -2.18. The molecule has 0 aliphatic carbocycles. The summed E-state index contributed by atoms with van der Waals surface area (Å²) in [6.07, 6.45) is 3.23. The van der Waals surface area contributed by atoms with E-state index in [1.54, 1.807) is 19.2 Å². The summed E-state index contributed by atoms with van der Waals surface area (Å²) in [4.78, 5) is 14.0. The number of carbonyl (C=O) groups excluding carboxylic acids is 1. The molecule has 0 bridgehead atoms. The number of likely N-dealkylation sites (tertiary alicyclic amines) is 1. The average Bonchev–Trinajstić information content (AvgIpc) is 3.30. The second-order valence-electron chi connectivity index (χ2n) is 7.96. The standard InChI is InChI=1S/C23H31N3O5S/c1-17(19-7-9-20(10-8-19)25-32(3,28)29)24-15-18-6-11-21(22(14-18)30-2)31-16-23(27)26-12-4-5-13-26/h6-11,14,17,24-25H,4-5,12-13,15-16H2,1-3H3. The summed E-state index contributed by atoms with van der Waals surface area (Å²) in [6.45, 7) is 4.26. The van der Waals surface area contributed by atoms with Crippen molar-refractivity contribution in [3.05, 3.63) is 53.6 Å². The highest BCUT2D eigenvalue weighted by molar-refractivity contribution is 7.92. The van der Waals surface area contributed by atoms with E-state index < -0.39 is 10.0 Å². The van der Waals surface area contributed by atoms with Crippen LogP contribution in [0, 0.1) is 0 Å². The third-order valence-corrected chi connectivity index (χ3v) is 5.97. The maximum atomic E-state index is 12.2. The maximum Gasteiger partial charge on any atom is 0.260 e. The molecule has 1 saturated heterocycles. The molecule has 1 amide bonds. The van der Waals surface area contributed by atoms with Gasteiger partial charge < -0.3 is 19.7 Å². The molecular weight excluding hydrogens is 430 g/mol. The number of sulfonamides is 1. The second kappa shape index (κ2) is 10.7. The van der Waals surface area contributed by atoms with Crippen LogP contribution in [0.1, 0.15) is 36.9 Å². The van der Waals surface area contributed by atoms with Gasteiger partial charge in [-0.2, -0.15) is 0 Å². The Balaban J connectivity index is 1.54. The summed E-state index contributed by atoms with van der Waals surface area (Å²) < 4.78 is 36.3. The van der Waals surface area contributed by atoms with E-state index in [9.17, 15) is 13.2 Å². The van der Waals surface area contributed by atoms with Gasteiger partial charge >= 0.3 is 0 Å². The highest BCUT2D eigenvalue weighted by atomic mass is 32.2. The molecule has 0 saturated carbocycles. The first kappa shape index (κ1) is 23.9. The third-order valence-electron chi connectivity index (χ3n) is 5.36. The number of nitrogens with one attached hydrogen (secondary N) is 2. The van der Waals surface area contributed by atoms with Gasteiger partial charge in [0.1, 0.15) is 0 Å². The van der Waals surface area contributed by atoms with E-state index in [-0.39, 0.29) is 18.6 Å². The van der Waals surface area contributed by atoms with Gasteiger partial charge in [0, 0.05) is 31.4 Å². The first-order valence-electron chi connectivity index (χ1n) is 10.6. The molecule has 0 radical (unpaired) electrons. The van der Waals surface area contributed by atoms with Gasteiger partial charge in [-0.1, -0.05) is 18.2 Å². The van der Waals surface area contributed by atoms with E-state index in [0.717, 1.165) is 43.3 Å². The molecule has 1 unspecified atom stereocenters. The van der Waals surface area contributed by atoms with Crippen LogP contribution in [0.3, 0.4) is 0 Å². The van der Waals surface area contributed by atoms with Crippen molar-refractivity contribution in [1.29, 1.82) is 0 Å². The van der Waals surface area contributed by atoms with Crippen molar-refractivity contribution in [3.8, 4) is 11.5 Å².